The molecule has 2 aromatic rings. The van der Waals surface area contributed by atoms with Crippen LogP contribution in [0, 0.1) is 17.7 Å². The van der Waals surface area contributed by atoms with Crippen molar-refractivity contribution in [1.29, 1.82) is 0 Å². The average Bonchev–Trinajstić information content (AvgIpc) is 2.72. The van der Waals surface area contributed by atoms with E-state index in [1.807, 2.05) is 0 Å². The monoisotopic (exact) mass is 486 g/mol. The highest BCUT2D eigenvalue weighted by Gasteiger charge is 2.38. The Kier molecular flexibility index (Phi) is 5.88. The molecule has 0 amide bonds. The molecule has 1 aromatic heterocycles. The smallest absolute Gasteiger partial charge is 0.239 e. The van der Waals surface area contributed by atoms with Crippen molar-refractivity contribution in [3.05, 3.63) is 41.6 Å². The van der Waals surface area contributed by atoms with E-state index < -0.39 is 42.2 Å². The molecule has 0 aliphatic carbocycles. The van der Waals surface area contributed by atoms with Crippen molar-refractivity contribution >= 4 is 31.4 Å². The molecule has 1 saturated heterocycles. The van der Waals surface area contributed by atoms with E-state index in [9.17, 15) is 16.8 Å². The Morgan fingerprint density at radius 3 is 2.34 bits per heavy atom. The zero-order valence-electron chi connectivity index (χ0n) is 17.5. The third kappa shape index (κ3) is 4.30. The fraction of sp³-hybridized carbons (Fsp3) is 0.450. The first-order chi connectivity index (χ1) is 15.0. The van der Waals surface area contributed by atoms with Crippen molar-refractivity contribution in [3.63, 3.8) is 0 Å². The van der Waals surface area contributed by atoms with Crippen molar-refractivity contribution in [2.75, 3.05) is 35.2 Å². The number of aromatic nitrogens is 1. The van der Waals surface area contributed by atoms with Gasteiger partial charge in [0.25, 0.3) is 0 Å². The third-order valence-corrected chi connectivity index (χ3v) is 8.62. The molecular weight excluding hydrogens is 462 g/mol. The van der Waals surface area contributed by atoms with Gasteiger partial charge >= 0.3 is 0 Å². The molecule has 0 saturated carbocycles. The van der Waals surface area contributed by atoms with Crippen molar-refractivity contribution in [2.24, 2.45) is 11.1 Å². The second-order valence-corrected chi connectivity index (χ2v) is 11.9. The Hall–Kier alpha value is -2.31. The summed E-state index contributed by atoms with van der Waals surface area (Å²) in [4.78, 5) is 6.09. The number of primary sulfonamides is 1. The lowest BCUT2D eigenvalue weighted by atomic mass is 9.99. The van der Waals surface area contributed by atoms with Gasteiger partial charge in [-0.15, -0.1) is 0 Å². The maximum atomic E-state index is 15.5. The Balaban J connectivity index is 1.72. The van der Waals surface area contributed by atoms with Crippen LogP contribution in [0.1, 0.15) is 25.3 Å². The molecule has 1 aromatic carbocycles. The summed E-state index contributed by atoms with van der Waals surface area (Å²) in [5.74, 6) is -2.25. The number of sulfonamides is 1. The maximum Gasteiger partial charge on any atom is 0.239 e. The van der Waals surface area contributed by atoms with E-state index >= 15 is 8.78 Å². The van der Waals surface area contributed by atoms with Gasteiger partial charge in [0.05, 0.1) is 10.6 Å². The van der Waals surface area contributed by atoms with Crippen molar-refractivity contribution < 1.29 is 25.6 Å². The second kappa shape index (κ2) is 8.23. The molecule has 12 heteroatoms. The lowest BCUT2D eigenvalue weighted by Crippen LogP contribution is -2.39. The first-order valence-corrected chi connectivity index (χ1v) is 13.4. The van der Waals surface area contributed by atoms with Crippen LogP contribution < -0.4 is 14.9 Å². The molecule has 2 N–H and O–H groups in total. The number of anilines is 2. The summed E-state index contributed by atoms with van der Waals surface area (Å²) in [6.45, 7) is 3.02. The molecule has 0 spiro atoms. The number of hydrogen-bond acceptors (Lipinski definition) is 7. The summed E-state index contributed by atoms with van der Waals surface area (Å²) < 4.78 is 78.9. The van der Waals surface area contributed by atoms with Crippen LogP contribution in [-0.2, 0) is 26.4 Å². The van der Waals surface area contributed by atoms with Gasteiger partial charge in [-0.3, -0.25) is 0 Å². The minimum Gasteiger partial charge on any atom is -0.361 e. The van der Waals surface area contributed by atoms with Crippen molar-refractivity contribution in [2.45, 2.75) is 36.1 Å². The molecule has 8 nitrogen and oxygen atoms in total. The number of halogens is 2. The van der Waals surface area contributed by atoms with E-state index in [1.165, 1.54) is 29.2 Å². The molecule has 0 unspecified atom stereocenters. The van der Waals surface area contributed by atoms with Crippen LogP contribution in [0.2, 0.25) is 0 Å². The SMILES string of the molecule is CC1CCN(c2nc(F)c3c(c2F)S(=O)(=O)CCN3Cc2ccc(S(N)(=O)=O)cc2)CC1. The number of nitrogens with zero attached hydrogens (tertiary/aromatic N) is 3. The zero-order chi connectivity index (χ0) is 23.3. The number of rotatable bonds is 4. The summed E-state index contributed by atoms with van der Waals surface area (Å²) in [5.41, 5.74) is 0.190. The summed E-state index contributed by atoms with van der Waals surface area (Å²) >= 11 is 0. The van der Waals surface area contributed by atoms with E-state index in [1.54, 1.807) is 4.90 Å². The highest BCUT2D eigenvalue weighted by molar-refractivity contribution is 7.91. The van der Waals surface area contributed by atoms with Crippen LogP contribution in [0.4, 0.5) is 20.3 Å². The summed E-state index contributed by atoms with van der Waals surface area (Å²) in [6, 6.07) is 5.60. The summed E-state index contributed by atoms with van der Waals surface area (Å²) in [6.07, 6.45) is 1.57. The number of fused-ring (bicyclic) bond motifs is 1. The Morgan fingerprint density at radius 2 is 1.75 bits per heavy atom. The molecule has 4 rings (SSSR count). The van der Waals surface area contributed by atoms with Crippen LogP contribution in [-0.4, -0.2) is 47.2 Å². The fourth-order valence-electron chi connectivity index (χ4n) is 4.09. The second-order valence-electron chi connectivity index (χ2n) is 8.32. The van der Waals surface area contributed by atoms with Gasteiger partial charge < -0.3 is 9.80 Å². The van der Waals surface area contributed by atoms with Gasteiger partial charge in [0.1, 0.15) is 10.6 Å². The first-order valence-electron chi connectivity index (χ1n) is 10.2. The van der Waals surface area contributed by atoms with Crippen LogP contribution in [0.3, 0.4) is 0 Å². The van der Waals surface area contributed by atoms with Gasteiger partial charge in [-0.25, -0.2) is 26.4 Å². The fourth-order valence-corrected chi connectivity index (χ4v) is 6.14. The van der Waals surface area contributed by atoms with Crippen LogP contribution in [0.15, 0.2) is 34.1 Å². The Bertz CT molecular complexity index is 1240. The molecule has 174 valence electrons. The van der Waals surface area contributed by atoms with Crippen molar-refractivity contribution in [1.82, 2.24) is 4.98 Å². The standard InChI is InChI=1S/C20H24F2N4O4S2/c1-13-6-8-25(9-7-13)20-16(21)18-17(19(22)24-20)26(10-11-31(18,27)28)12-14-2-4-15(5-3-14)32(23,29)30/h2-5,13H,6-12H2,1H3,(H2,23,29,30). The lowest BCUT2D eigenvalue weighted by molar-refractivity contribution is 0.426. The van der Waals surface area contributed by atoms with Crippen LogP contribution in [0.5, 0.6) is 0 Å². The highest BCUT2D eigenvalue weighted by Crippen LogP contribution is 2.39. The van der Waals surface area contributed by atoms with E-state index in [0.29, 0.717) is 24.6 Å². The first kappa shape index (κ1) is 22.9. The Labute approximate surface area is 186 Å². The quantitative estimate of drug-likeness (QED) is 0.658. The van der Waals surface area contributed by atoms with Crippen LogP contribution in [0.25, 0.3) is 0 Å². The molecule has 0 atom stereocenters. The maximum absolute atomic E-state index is 15.5. The van der Waals surface area contributed by atoms with E-state index in [-0.39, 0.29) is 29.6 Å². The zero-order valence-corrected chi connectivity index (χ0v) is 19.1. The molecule has 1 fully saturated rings. The van der Waals surface area contributed by atoms with E-state index in [4.69, 9.17) is 5.14 Å². The number of sulfone groups is 1. The molecule has 0 bridgehead atoms. The van der Waals surface area contributed by atoms with Gasteiger partial charge in [0, 0.05) is 26.2 Å². The molecule has 32 heavy (non-hydrogen) atoms. The molecular formula is C20H24F2N4O4S2. The number of piperidine rings is 1. The molecule has 3 heterocycles. The topological polar surface area (TPSA) is 114 Å². The van der Waals surface area contributed by atoms with Gasteiger partial charge in [-0.05, 0) is 36.5 Å². The largest absolute Gasteiger partial charge is 0.361 e. The van der Waals surface area contributed by atoms with Gasteiger partial charge in [0.2, 0.25) is 16.0 Å². The minimum atomic E-state index is -4.04. The number of nitrogens with two attached hydrogens (primary N) is 1. The highest BCUT2D eigenvalue weighted by atomic mass is 32.2. The summed E-state index contributed by atoms with van der Waals surface area (Å²) in [7, 11) is -7.90. The van der Waals surface area contributed by atoms with Gasteiger partial charge in [-0.2, -0.15) is 9.37 Å². The van der Waals surface area contributed by atoms with Gasteiger partial charge in [-0.1, -0.05) is 19.1 Å². The minimum absolute atomic E-state index is 0.0477. The molecule has 0 radical (unpaired) electrons. The lowest BCUT2D eigenvalue weighted by Gasteiger charge is -2.35. The molecule has 2 aliphatic rings. The average molecular weight is 487 g/mol. The Morgan fingerprint density at radius 1 is 1.12 bits per heavy atom. The van der Waals surface area contributed by atoms with E-state index in [0.717, 1.165) is 12.8 Å². The normalized spacial score (nSPS) is 19.1. The van der Waals surface area contributed by atoms with Crippen LogP contribution >= 0.6 is 0 Å². The van der Waals surface area contributed by atoms with Crippen molar-refractivity contribution in [3.8, 4) is 0 Å². The van der Waals surface area contributed by atoms with Gasteiger partial charge in [0.15, 0.2) is 21.5 Å². The molecule has 2 aliphatic heterocycles. The predicted octanol–water partition coefficient (Wildman–Crippen LogP) is 2.04. The third-order valence-electron chi connectivity index (χ3n) is 5.98. The summed E-state index contributed by atoms with van der Waals surface area (Å²) in [5, 5.41) is 5.10. The van der Waals surface area contributed by atoms with E-state index in [2.05, 4.69) is 11.9 Å². The number of pyridine rings is 1. The predicted molar refractivity (Wildman–Crippen MR) is 116 cm³/mol. The number of benzene rings is 1. The number of hydrogen-bond donors (Lipinski definition) is 1.